The number of nitrogens with zero attached hydrogens (tertiary/aromatic N) is 3. The second-order valence-electron chi connectivity index (χ2n) is 4.36. The van der Waals surface area contributed by atoms with Gasteiger partial charge >= 0.3 is 5.97 Å². The Hall–Kier alpha value is -2.44. The van der Waals surface area contributed by atoms with Crippen molar-refractivity contribution in [3.8, 4) is 5.75 Å². The van der Waals surface area contributed by atoms with Crippen molar-refractivity contribution in [3.05, 3.63) is 41.0 Å². The number of aromatic nitrogens is 3. The highest BCUT2D eigenvalue weighted by Gasteiger charge is 2.19. The fourth-order valence-electron chi connectivity index (χ4n) is 2.05. The van der Waals surface area contributed by atoms with E-state index in [-0.39, 0.29) is 11.4 Å². The van der Waals surface area contributed by atoms with Crippen molar-refractivity contribution in [1.82, 2.24) is 15.0 Å². The first kappa shape index (κ1) is 15.0. The van der Waals surface area contributed by atoms with E-state index in [1.54, 1.807) is 16.8 Å². The second-order valence-corrected chi connectivity index (χ2v) is 4.36. The second kappa shape index (κ2) is 6.34. The van der Waals surface area contributed by atoms with Crippen LogP contribution in [0.2, 0.25) is 0 Å². The van der Waals surface area contributed by atoms with Crippen LogP contribution in [-0.4, -0.2) is 35.2 Å². The predicted octanol–water partition coefficient (Wildman–Crippen LogP) is 1.82. The summed E-state index contributed by atoms with van der Waals surface area (Å²) in [6, 6.07) is 4.66. The van der Waals surface area contributed by atoms with Crippen LogP contribution in [0, 0.1) is 5.82 Å². The third-order valence-electron chi connectivity index (χ3n) is 3.10. The molecule has 2 aromatic rings. The van der Waals surface area contributed by atoms with Crippen LogP contribution in [0.15, 0.2) is 18.2 Å². The van der Waals surface area contributed by atoms with Crippen molar-refractivity contribution in [2.75, 3.05) is 14.2 Å². The number of ether oxygens (including phenoxy) is 2. The molecule has 0 saturated carbocycles. The number of esters is 1. The maximum atomic E-state index is 13.7. The molecule has 0 fully saturated rings. The Morgan fingerprint density at radius 1 is 1.38 bits per heavy atom. The maximum absolute atomic E-state index is 13.7. The molecule has 21 heavy (non-hydrogen) atoms. The molecule has 0 unspecified atom stereocenters. The first-order valence-electron chi connectivity index (χ1n) is 6.43. The molecule has 0 radical (unpaired) electrons. The number of halogens is 1. The molecule has 0 spiro atoms. The molecular weight excluding hydrogens is 277 g/mol. The number of hydrogen-bond donors (Lipinski definition) is 0. The normalized spacial score (nSPS) is 10.5. The van der Waals surface area contributed by atoms with Gasteiger partial charge in [0, 0.05) is 0 Å². The maximum Gasteiger partial charge on any atom is 0.360 e. The van der Waals surface area contributed by atoms with E-state index in [0.29, 0.717) is 24.2 Å². The molecule has 0 bridgehead atoms. The fourth-order valence-corrected chi connectivity index (χ4v) is 2.05. The predicted molar refractivity (Wildman–Crippen MR) is 72.8 cm³/mol. The molecule has 6 nitrogen and oxygen atoms in total. The van der Waals surface area contributed by atoms with E-state index in [9.17, 15) is 9.18 Å². The summed E-state index contributed by atoms with van der Waals surface area (Å²) in [5, 5.41) is 7.77. The number of carbonyl (C=O) groups excluding carboxylic acids is 1. The number of rotatable bonds is 5. The average molecular weight is 293 g/mol. The molecule has 0 amide bonds. The highest BCUT2D eigenvalue weighted by atomic mass is 19.1. The number of hydrogen-bond acceptors (Lipinski definition) is 5. The summed E-state index contributed by atoms with van der Waals surface area (Å²) < 4.78 is 24.8. The van der Waals surface area contributed by atoms with E-state index >= 15 is 0 Å². The van der Waals surface area contributed by atoms with Crippen molar-refractivity contribution >= 4 is 5.97 Å². The highest BCUT2D eigenvalue weighted by Crippen LogP contribution is 2.19. The SMILES string of the molecule is CCc1c(C(=O)OC)nnn1Cc1ccc(OC)c(F)c1. The van der Waals surface area contributed by atoms with Crippen LogP contribution in [0.4, 0.5) is 4.39 Å². The molecular formula is C14H16FN3O3. The van der Waals surface area contributed by atoms with Crippen molar-refractivity contribution in [2.45, 2.75) is 19.9 Å². The van der Waals surface area contributed by atoms with Crippen molar-refractivity contribution < 1.29 is 18.7 Å². The van der Waals surface area contributed by atoms with Gasteiger partial charge in [-0.05, 0) is 24.1 Å². The smallest absolute Gasteiger partial charge is 0.360 e. The third-order valence-corrected chi connectivity index (χ3v) is 3.10. The lowest BCUT2D eigenvalue weighted by molar-refractivity contribution is 0.0592. The Kier molecular flexibility index (Phi) is 4.52. The van der Waals surface area contributed by atoms with E-state index in [1.165, 1.54) is 20.3 Å². The minimum atomic E-state index is -0.529. The molecule has 0 atom stereocenters. The summed E-state index contributed by atoms with van der Waals surface area (Å²) in [7, 11) is 2.70. The zero-order valence-corrected chi connectivity index (χ0v) is 12.1. The molecule has 1 aromatic heterocycles. The topological polar surface area (TPSA) is 66.2 Å². The van der Waals surface area contributed by atoms with Gasteiger partial charge in [0.2, 0.25) is 0 Å². The quantitative estimate of drug-likeness (QED) is 0.787. The van der Waals surface area contributed by atoms with Gasteiger partial charge in [-0.3, -0.25) is 0 Å². The first-order valence-corrected chi connectivity index (χ1v) is 6.43. The Balaban J connectivity index is 2.29. The summed E-state index contributed by atoms with van der Waals surface area (Å²) in [5.74, 6) is -0.788. The molecule has 0 aliphatic carbocycles. The van der Waals surface area contributed by atoms with Gasteiger partial charge in [0.1, 0.15) is 0 Å². The summed E-state index contributed by atoms with van der Waals surface area (Å²) in [4.78, 5) is 11.6. The zero-order valence-electron chi connectivity index (χ0n) is 12.1. The van der Waals surface area contributed by atoms with Crippen LogP contribution in [0.25, 0.3) is 0 Å². The number of benzene rings is 1. The van der Waals surface area contributed by atoms with Gasteiger partial charge in [0.15, 0.2) is 17.3 Å². The van der Waals surface area contributed by atoms with Gasteiger partial charge in [-0.15, -0.1) is 5.10 Å². The minimum Gasteiger partial charge on any atom is -0.494 e. The largest absolute Gasteiger partial charge is 0.494 e. The average Bonchev–Trinajstić information content (AvgIpc) is 2.89. The Morgan fingerprint density at radius 3 is 2.71 bits per heavy atom. The van der Waals surface area contributed by atoms with E-state index in [2.05, 4.69) is 15.0 Å². The first-order chi connectivity index (χ1) is 10.1. The number of methoxy groups -OCH3 is 2. The molecule has 0 aliphatic heterocycles. The monoisotopic (exact) mass is 293 g/mol. The molecule has 1 aromatic carbocycles. The van der Waals surface area contributed by atoms with Gasteiger partial charge in [-0.1, -0.05) is 18.2 Å². The van der Waals surface area contributed by atoms with Crippen LogP contribution in [0.5, 0.6) is 5.75 Å². The molecule has 0 N–H and O–H groups in total. The standard InChI is InChI=1S/C14H16FN3O3/c1-4-11-13(14(19)21-3)16-17-18(11)8-9-5-6-12(20-2)10(15)7-9/h5-7H,4,8H2,1-3H3. The molecule has 0 saturated heterocycles. The van der Waals surface area contributed by atoms with Gasteiger partial charge in [0.25, 0.3) is 0 Å². The molecule has 112 valence electrons. The highest BCUT2D eigenvalue weighted by molar-refractivity contribution is 5.88. The van der Waals surface area contributed by atoms with Crippen molar-refractivity contribution in [2.24, 2.45) is 0 Å². The summed E-state index contributed by atoms with van der Waals surface area (Å²) in [6.45, 7) is 2.20. The van der Waals surface area contributed by atoms with Gasteiger partial charge in [0.05, 0.1) is 26.5 Å². The fraction of sp³-hybridized carbons (Fsp3) is 0.357. The summed E-state index contributed by atoms with van der Waals surface area (Å²) >= 11 is 0. The molecule has 7 heteroatoms. The summed E-state index contributed by atoms with van der Waals surface area (Å²) in [6.07, 6.45) is 0.566. The van der Waals surface area contributed by atoms with Crippen LogP contribution in [0.1, 0.15) is 28.7 Å². The lowest BCUT2D eigenvalue weighted by atomic mass is 10.2. The van der Waals surface area contributed by atoms with Crippen LogP contribution >= 0.6 is 0 Å². The lowest BCUT2D eigenvalue weighted by Crippen LogP contribution is -2.10. The lowest BCUT2D eigenvalue weighted by Gasteiger charge is -2.07. The molecule has 1 heterocycles. The zero-order chi connectivity index (χ0) is 15.4. The van der Waals surface area contributed by atoms with Crippen LogP contribution in [0.3, 0.4) is 0 Å². The van der Waals surface area contributed by atoms with Crippen molar-refractivity contribution in [3.63, 3.8) is 0 Å². The third kappa shape index (κ3) is 3.01. The summed E-state index contributed by atoms with van der Waals surface area (Å²) in [5.41, 5.74) is 1.54. The van der Waals surface area contributed by atoms with Gasteiger partial charge < -0.3 is 9.47 Å². The van der Waals surface area contributed by atoms with Gasteiger partial charge in [-0.25, -0.2) is 13.9 Å². The van der Waals surface area contributed by atoms with Crippen molar-refractivity contribution in [1.29, 1.82) is 0 Å². The van der Waals surface area contributed by atoms with E-state index < -0.39 is 11.8 Å². The Bertz CT molecular complexity index is 655. The van der Waals surface area contributed by atoms with E-state index in [1.807, 2.05) is 6.92 Å². The van der Waals surface area contributed by atoms with E-state index in [4.69, 9.17) is 4.74 Å². The molecule has 0 aliphatic rings. The Labute approximate surface area is 121 Å². The van der Waals surface area contributed by atoms with Gasteiger partial charge in [-0.2, -0.15) is 0 Å². The minimum absolute atomic E-state index is 0.184. The Morgan fingerprint density at radius 2 is 2.14 bits per heavy atom. The number of carbonyl (C=O) groups is 1. The van der Waals surface area contributed by atoms with E-state index in [0.717, 1.165) is 0 Å². The van der Waals surface area contributed by atoms with Crippen LogP contribution < -0.4 is 4.74 Å². The van der Waals surface area contributed by atoms with Crippen LogP contribution in [-0.2, 0) is 17.7 Å². The molecule has 2 rings (SSSR count).